The highest BCUT2D eigenvalue weighted by Crippen LogP contribution is 2.08. The molecule has 1 aromatic carbocycles. The molecule has 0 heterocycles. The van der Waals surface area contributed by atoms with E-state index in [1.165, 1.54) is 11.1 Å². The third kappa shape index (κ3) is 3.66. The van der Waals surface area contributed by atoms with Crippen molar-refractivity contribution < 1.29 is 0 Å². The highest BCUT2D eigenvalue weighted by Gasteiger charge is 1.93. The van der Waals surface area contributed by atoms with Gasteiger partial charge in [0, 0.05) is 6.42 Å². The van der Waals surface area contributed by atoms with E-state index < -0.39 is 0 Å². The summed E-state index contributed by atoms with van der Waals surface area (Å²) in [7, 11) is 0. The zero-order chi connectivity index (χ0) is 10.2. The van der Waals surface area contributed by atoms with Crippen molar-refractivity contribution in [2.75, 3.05) is 0 Å². The minimum Gasteiger partial charge on any atom is -0.0891 e. The molecule has 0 saturated carbocycles. The van der Waals surface area contributed by atoms with E-state index in [1.54, 1.807) is 0 Å². The first-order valence-corrected chi connectivity index (χ1v) is 5.34. The summed E-state index contributed by atoms with van der Waals surface area (Å²) in [6, 6.07) is 8.84. The van der Waals surface area contributed by atoms with Crippen molar-refractivity contribution in [3.8, 4) is 5.92 Å². The molecule has 0 amide bonds. The van der Waals surface area contributed by atoms with E-state index in [0.29, 0.717) is 0 Å². The minimum atomic E-state index is 0.799. The fourth-order valence-corrected chi connectivity index (χ4v) is 1.48. The van der Waals surface area contributed by atoms with Gasteiger partial charge in [0.15, 0.2) is 0 Å². The number of hydrogen-bond acceptors (Lipinski definition) is 0. The Kier molecular flexibility index (Phi) is 4.86. The molecule has 14 heavy (non-hydrogen) atoms. The van der Waals surface area contributed by atoms with Crippen LogP contribution in [0.25, 0.3) is 0 Å². The molecule has 1 aromatic rings. The monoisotopic (exact) mass is 185 g/mol. The molecule has 0 unspecified atom stereocenters. The zero-order valence-electron chi connectivity index (χ0n) is 8.84. The van der Waals surface area contributed by atoms with Crippen molar-refractivity contribution in [1.29, 1.82) is 0 Å². The summed E-state index contributed by atoms with van der Waals surface area (Å²) in [4.78, 5) is 0. The summed E-state index contributed by atoms with van der Waals surface area (Å²) in [6.45, 7) is 2.18. The van der Waals surface area contributed by atoms with Gasteiger partial charge in [0.25, 0.3) is 0 Å². The molecule has 0 aliphatic heterocycles. The highest BCUT2D eigenvalue weighted by molar-refractivity contribution is 5.22. The van der Waals surface area contributed by atoms with E-state index in [2.05, 4.69) is 37.1 Å². The van der Waals surface area contributed by atoms with Gasteiger partial charge in [-0.15, -0.1) is 0 Å². The molecule has 0 nitrogen and oxygen atoms in total. The Hall–Kier alpha value is -1.22. The maximum atomic E-state index is 6.79. The van der Waals surface area contributed by atoms with Crippen LogP contribution in [0.2, 0.25) is 0 Å². The lowest BCUT2D eigenvalue weighted by molar-refractivity contribution is 0.756. The average molecular weight is 185 g/mol. The third-order valence-electron chi connectivity index (χ3n) is 2.45. The van der Waals surface area contributed by atoms with Gasteiger partial charge in [-0.1, -0.05) is 37.1 Å². The van der Waals surface area contributed by atoms with Crippen molar-refractivity contribution in [2.45, 2.75) is 39.0 Å². The molecule has 1 rings (SSSR count). The van der Waals surface area contributed by atoms with Gasteiger partial charge in [0.1, 0.15) is 0 Å². The van der Waals surface area contributed by atoms with Crippen molar-refractivity contribution in [3.05, 3.63) is 41.8 Å². The zero-order valence-corrected chi connectivity index (χ0v) is 8.84. The molecule has 0 saturated heterocycles. The van der Waals surface area contributed by atoms with Crippen LogP contribution in [-0.4, -0.2) is 0 Å². The van der Waals surface area contributed by atoms with Crippen LogP contribution in [0, 0.1) is 12.3 Å². The fraction of sp³-hybridized carbons (Fsp3) is 0.429. The van der Waals surface area contributed by atoms with Gasteiger partial charge in [-0.2, -0.15) is 0 Å². The molecule has 0 aliphatic rings. The van der Waals surface area contributed by atoms with E-state index >= 15 is 0 Å². The Morgan fingerprint density at radius 1 is 1.07 bits per heavy atom. The largest absolute Gasteiger partial charge is 0.0891 e. The molecule has 0 spiro atoms. The van der Waals surface area contributed by atoms with Gasteiger partial charge in [0.05, 0.1) is 0 Å². The second-order valence-corrected chi connectivity index (χ2v) is 3.55. The lowest BCUT2D eigenvalue weighted by atomic mass is 10.0. The Labute approximate surface area is 87.4 Å². The van der Waals surface area contributed by atoms with Crippen LogP contribution >= 0.6 is 0 Å². The van der Waals surface area contributed by atoms with Crippen LogP contribution in [0.5, 0.6) is 0 Å². The van der Waals surface area contributed by atoms with Crippen LogP contribution in [0.15, 0.2) is 24.3 Å². The Bertz CT molecular complexity index is 287. The first-order valence-electron chi connectivity index (χ1n) is 5.34. The van der Waals surface area contributed by atoms with Gasteiger partial charge < -0.3 is 0 Å². The molecular weight excluding hydrogens is 168 g/mol. The summed E-state index contributed by atoms with van der Waals surface area (Å²) in [6.07, 6.45) is 12.1. The predicted molar refractivity (Wildman–Crippen MR) is 60.5 cm³/mol. The number of hydrogen-bond donors (Lipinski definition) is 0. The second kappa shape index (κ2) is 6.27. The van der Waals surface area contributed by atoms with Crippen molar-refractivity contribution >= 4 is 0 Å². The molecule has 73 valence electrons. The smallest absolute Gasteiger partial charge is 0.00990 e. The summed E-state index contributed by atoms with van der Waals surface area (Å²) >= 11 is 0. The Morgan fingerprint density at radius 3 is 2.29 bits per heavy atom. The fourth-order valence-electron chi connectivity index (χ4n) is 1.48. The summed E-state index contributed by atoms with van der Waals surface area (Å²) in [5.74, 6) is 2.42. The van der Waals surface area contributed by atoms with Crippen LogP contribution in [-0.2, 0) is 12.8 Å². The van der Waals surface area contributed by atoms with Crippen LogP contribution < -0.4 is 0 Å². The van der Waals surface area contributed by atoms with Crippen LogP contribution in [0.4, 0.5) is 0 Å². The molecule has 0 atom stereocenters. The topological polar surface area (TPSA) is 0 Å². The number of benzene rings is 1. The quantitative estimate of drug-likeness (QED) is 0.486. The lowest BCUT2D eigenvalue weighted by Gasteiger charge is -2.01. The van der Waals surface area contributed by atoms with Gasteiger partial charge in [0.2, 0.25) is 0 Å². The van der Waals surface area contributed by atoms with Gasteiger partial charge in [-0.25, -0.2) is 0 Å². The van der Waals surface area contributed by atoms with Crippen molar-refractivity contribution in [3.63, 3.8) is 0 Å². The van der Waals surface area contributed by atoms with E-state index in [0.717, 1.165) is 32.1 Å². The van der Waals surface area contributed by atoms with Crippen LogP contribution in [0.1, 0.15) is 37.3 Å². The summed E-state index contributed by atoms with van der Waals surface area (Å²) in [5, 5.41) is 0. The van der Waals surface area contributed by atoms with Gasteiger partial charge in [-0.3, -0.25) is 0 Å². The second-order valence-electron chi connectivity index (χ2n) is 3.55. The highest BCUT2D eigenvalue weighted by atomic mass is 14.0. The number of unbranched alkanes of at least 4 members (excludes halogenated alkanes) is 2. The Morgan fingerprint density at radius 2 is 1.71 bits per heavy atom. The van der Waals surface area contributed by atoms with Crippen molar-refractivity contribution in [1.82, 2.24) is 0 Å². The first kappa shape index (κ1) is 10.9. The molecule has 0 bridgehead atoms. The normalized spacial score (nSPS) is 9.71. The van der Waals surface area contributed by atoms with Gasteiger partial charge >= 0.3 is 0 Å². The standard InChI is InChI=1S/C14H17/c1-3-5-6-7-8-14-11-9-13(4-2)10-12-14/h9-12H,4-8H2,2H3. The lowest BCUT2D eigenvalue weighted by Crippen LogP contribution is -1.86. The maximum absolute atomic E-state index is 6.79. The Balaban J connectivity index is 2.33. The first-order chi connectivity index (χ1) is 6.86. The molecular formula is C14H17. The molecule has 0 heteroatoms. The number of aryl methyl sites for hydroxylation is 2. The average Bonchev–Trinajstić information content (AvgIpc) is 2.25. The summed E-state index contributed by atoms with van der Waals surface area (Å²) < 4.78 is 0. The molecule has 0 aliphatic carbocycles. The van der Waals surface area contributed by atoms with E-state index in [1.807, 2.05) is 0 Å². The minimum absolute atomic E-state index is 0.799. The van der Waals surface area contributed by atoms with Crippen molar-refractivity contribution in [2.24, 2.45) is 0 Å². The SMILES string of the molecule is [C]#CCCCCc1ccc(CC)cc1. The molecule has 1 radical (unpaired) electrons. The van der Waals surface area contributed by atoms with Gasteiger partial charge in [-0.05, 0) is 43.2 Å². The molecule has 0 aromatic heterocycles. The maximum Gasteiger partial charge on any atom is 0.00990 e. The van der Waals surface area contributed by atoms with E-state index in [9.17, 15) is 0 Å². The van der Waals surface area contributed by atoms with E-state index in [-0.39, 0.29) is 0 Å². The third-order valence-corrected chi connectivity index (χ3v) is 2.45. The predicted octanol–water partition coefficient (Wildman–Crippen LogP) is 3.55. The van der Waals surface area contributed by atoms with E-state index in [4.69, 9.17) is 6.42 Å². The number of rotatable bonds is 5. The molecule has 0 N–H and O–H groups in total. The van der Waals surface area contributed by atoms with Crippen LogP contribution in [0.3, 0.4) is 0 Å². The summed E-state index contributed by atoms with van der Waals surface area (Å²) in [5.41, 5.74) is 2.81. The molecule has 0 fully saturated rings.